The third-order valence-corrected chi connectivity index (χ3v) is 4.22. The fourth-order valence-electron chi connectivity index (χ4n) is 2.66. The summed E-state index contributed by atoms with van der Waals surface area (Å²) in [6, 6.07) is 0. The summed E-state index contributed by atoms with van der Waals surface area (Å²) >= 11 is 0. The molecule has 0 radical (unpaired) electrons. The van der Waals surface area contributed by atoms with Crippen LogP contribution in [-0.2, 0) is 4.74 Å². The van der Waals surface area contributed by atoms with Crippen LogP contribution in [0, 0.1) is 11.8 Å². The first-order chi connectivity index (χ1) is 8.24. The van der Waals surface area contributed by atoms with Gasteiger partial charge >= 0.3 is 0 Å². The minimum atomic E-state index is 0.554. The summed E-state index contributed by atoms with van der Waals surface area (Å²) in [5, 5.41) is 3.19. The molecule has 0 aromatic heterocycles. The van der Waals surface area contributed by atoms with Crippen molar-refractivity contribution < 1.29 is 4.74 Å². The predicted molar refractivity (Wildman–Crippen MR) is 74.3 cm³/mol. The number of ether oxygens (including phenoxy) is 1. The zero-order chi connectivity index (χ0) is 12.5. The molecule has 0 saturated heterocycles. The molecule has 3 unspecified atom stereocenters. The third kappa shape index (κ3) is 6.42. The molecule has 0 bridgehead atoms. The van der Waals surface area contributed by atoms with Crippen molar-refractivity contribution in [1.82, 2.24) is 5.32 Å². The third-order valence-electron chi connectivity index (χ3n) is 4.22. The lowest BCUT2D eigenvalue weighted by Crippen LogP contribution is -2.26. The predicted octanol–water partition coefficient (Wildman–Crippen LogP) is 3.61. The van der Waals surface area contributed by atoms with Gasteiger partial charge in [0.15, 0.2) is 0 Å². The molecule has 1 aliphatic rings. The van der Waals surface area contributed by atoms with Gasteiger partial charge in [0.25, 0.3) is 0 Å². The first-order valence-corrected chi connectivity index (χ1v) is 7.50. The van der Waals surface area contributed by atoms with Crippen molar-refractivity contribution in [3.8, 4) is 0 Å². The number of unbranched alkanes of at least 4 members (excludes halogenated alkanes) is 3. The SMILES string of the molecule is CNCCCCCCOC1CCC(C)C(C)C1. The zero-order valence-corrected chi connectivity index (χ0v) is 12.0. The maximum Gasteiger partial charge on any atom is 0.0577 e. The van der Waals surface area contributed by atoms with Crippen LogP contribution < -0.4 is 5.32 Å². The number of nitrogens with one attached hydrogen (secondary N) is 1. The Hall–Kier alpha value is -0.0800. The maximum atomic E-state index is 5.99. The van der Waals surface area contributed by atoms with Gasteiger partial charge in [-0.3, -0.25) is 0 Å². The molecule has 0 aliphatic heterocycles. The quantitative estimate of drug-likeness (QED) is 0.656. The summed E-state index contributed by atoms with van der Waals surface area (Å²) in [7, 11) is 2.02. The Bertz CT molecular complexity index is 184. The molecule has 1 aliphatic carbocycles. The molecule has 0 spiro atoms. The van der Waals surface area contributed by atoms with Gasteiger partial charge in [-0.2, -0.15) is 0 Å². The van der Waals surface area contributed by atoms with Crippen LogP contribution in [0.2, 0.25) is 0 Å². The summed E-state index contributed by atoms with van der Waals surface area (Å²) in [6.45, 7) is 6.88. The molecule has 2 heteroatoms. The molecule has 1 saturated carbocycles. The van der Waals surface area contributed by atoms with Crippen molar-refractivity contribution in [2.24, 2.45) is 11.8 Å². The first kappa shape index (κ1) is 15.0. The van der Waals surface area contributed by atoms with Gasteiger partial charge in [0.1, 0.15) is 0 Å². The summed E-state index contributed by atoms with van der Waals surface area (Å²) in [5.74, 6) is 1.75. The first-order valence-electron chi connectivity index (χ1n) is 7.50. The molecule has 0 heterocycles. The lowest BCUT2D eigenvalue weighted by molar-refractivity contribution is 0.00101. The second-order valence-corrected chi connectivity index (χ2v) is 5.78. The standard InChI is InChI=1S/C15H31NO/c1-13-8-9-15(12-14(13)2)17-11-7-5-4-6-10-16-3/h13-16H,4-12H2,1-3H3. The molecule has 17 heavy (non-hydrogen) atoms. The van der Waals surface area contributed by atoms with Gasteiger partial charge in [0.05, 0.1) is 6.10 Å². The van der Waals surface area contributed by atoms with E-state index in [9.17, 15) is 0 Å². The number of rotatable bonds is 8. The van der Waals surface area contributed by atoms with E-state index < -0.39 is 0 Å². The Labute approximate surface area is 108 Å². The summed E-state index contributed by atoms with van der Waals surface area (Å²) < 4.78 is 5.99. The van der Waals surface area contributed by atoms with Gasteiger partial charge in [0, 0.05) is 6.61 Å². The highest BCUT2D eigenvalue weighted by Crippen LogP contribution is 2.30. The fourth-order valence-corrected chi connectivity index (χ4v) is 2.66. The van der Waals surface area contributed by atoms with Crippen molar-refractivity contribution in [3.63, 3.8) is 0 Å². The average Bonchev–Trinajstić information content (AvgIpc) is 2.32. The molecule has 3 atom stereocenters. The van der Waals surface area contributed by atoms with Gasteiger partial charge in [-0.05, 0) is 57.5 Å². The van der Waals surface area contributed by atoms with Gasteiger partial charge in [-0.15, -0.1) is 0 Å². The Morgan fingerprint density at radius 2 is 1.76 bits per heavy atom. The van der Waals surface area contributed by atoms with Crippen LogP contribution in [0.5, 0.6) is 0 Å². The van der Waals surface area contributed by atoms with Crippen molar-refractivity contribution >= 4 is 0 Å². The highest BCUT2D eigenvalue weighted by Gasteiger charge is 2.24. The minimum Gasteiger partial charge on any atom is -0.378 e. The van der Waals surface area contributed by atoms with Gasteiger partial charge in [-0.1, -0.05) is 26.7 Å². The lowest BCUT2D eigenvalue weighted by atomic mass is 9.80. The Morgan fingerprint density at radius 1 is 1.00 bits per heavy atom. The van der Waals surface area contributed by atoms with Crippen LogP contribution in [-0.4, -0.2) is 26.3 Å². The van der Waals surface area contributed by atoms with E-state index in [-0.39, 0.29) is 0 Å². The fraction of sp³-hybridized carbons (Fsp3) is 1.00. The van der Waals surface area contributed by atoms with Crippen molar-refractivity contribution in [2.75, 3.05) is 20.2 Å². The zero-order valence-electron chi connectivity index (χ0n) is 12.0. The van der Waals surface area contributed by atoms with Crippen LogP contribution >= 0.6 is 0 Å². The smallest absolute Gasteiger partial charge is 0.0577 e. The van der Waals surface area contributed by atoms with Crippen LogP contribution in [0.4, 0.5) is 0 Å². The van der Waals surface area contributed by atoms with E-state index in [4.69, 9.17) is 4.74 Å². The summed E-state index contributed by atoms with van der Waals surface area (Å²) in [4.78, 5) is 0. The topological polar surface area (TPSA) is 21.3 Å². The Morgan fingerprint density at radius 3 is 2.47 bits per heavy atom. The largest absolute Gasteiger partial charge is 0.378 e. The second-order valence-electron chi connectivity index (χ2n) is 5.78. The van der Waals surface area contributed by atoms with Crippen LogP contribution in [0.3, 0.4) is 0 Å². The summed E-state index contributed by atoms with van der Waals surface area (Å²) in [5.41, 5.74) is 0. The molecule has 1 N–H and O–H groups in total. The molecule has 0 amide bonds. The number of hydrogen-bond donors (Lipinski definition) is 1. The highest BCUT2D eigenvalue weighted by atomic mass is 16.5. The molecular weight excluding hydrogens is 210 g/mol. The monoisotopic (exact) mass is 241 g/mol. The van der Waals surface area contributed by atoms with Crippen molar-refractivity contribution in [2.45, 2.75) is 64.9 Å². The van der Waals surface area contributed by atoms with Gasteiger partial charge in [0.2, 0.25) is 0 Å². The van der Waals surface area contributed by atoms with Crippen LogP contribution in [0.1, 0.15) is 58.8 Å². The molecule has 1 fully saturated rings. The van der Waals surface area contributed by atoms with Crippen molar-refractivity contribution in [1.29, 1.82) is 0 Å². The van der Waals surface area contributed by atoms with E-state index in [1.807, 2.05) is 7.05 Å². The molecule has 0 aromatic carbocycles. The average molecular weight is 241 g/mol. The molecule has 1 rings (SSSR count). The van der Waals surface area contributed by atoms with Gasteiger partial charge < -0.3 is 10.1 Å². The van der Waals surface area contributed by atoms with Crippen molar-refractivity contribution in [3.05, 3.63) is 0 Å². The maximum absolute atomic E-state index is 5.99. The Balaban J connectivity index is 1.92. The van der Waals surface area contributed by atoms with E-state index in [2.05, 4.69) is 19.2 Å². The molecule has 2 nitrogen and oxygen atoms in total. The highest BCUT2D eigenvalue weighted by molar-refractivity contribution is 4.75. The van der Waals surface area contributed by atoms with Crippen LogP contribution in [0.25, 0.3) is 0 Å². The van der Waals surface area contributed by atoms with E-state index in [1.165, 1.54) is 44.9 Å². The number of hydrogen-bond acceptors (Lipinski definition) is 2. The second kappa shape index (κ2) is 8.93. The summed E-state index contributed by atoms with van der Waals surface area (Å²) in [6.07, 6.45) is 9.67. The normalized spacial score (nSPS) is 29.5. The van der Waals surface area contributed by atoms with E-state index in [0.717, 1.165) is 25.0 Å². The van der Waals surface area contributed by atoms with E-state index in [1.54, 1.807) is 0 Å². The van der Waals surface area contributed by atoms with Gasteiger partial charge in [-0.25, -0.2) is 0 Å². The van der Waals surface area contributed by atoms with Crippen LogP contribution in [0.15, 0.2) is 0 Å². The van der Waals surface area contributed by atoms with E-state index >= 15 is 0 Å². The molecule has 102 valence electrons. The Kier molecular flexibility index (Phi) is 7.87. The minimum absolute atomic E-state index is 0.554. The lowest BCUT2D eigenvalue weighted by Gasteiger charge is -2.31. The molecule has 0 aromatic rings. The van der Waals surface area contributed by atoms with E-state index in [0.29, 0.717) is 6.10 Å². The molecular formula is C15H31NO.